The lowest BCUT2D eigenvalue weighted by molar-refractivity contribution is 0.0611. The van der Waals surface area contributed by atoms with Gasteiger partial charge in [-0.2, -0.15) is 4.31 Å². The first-order valence-corrected chi connectivity index (χ1v) is 14.1. The van der Waals surface area contributed by atoms with E-state index in [4.69, 9.17) is 4.98 Å². The van der Waals surface area contributed by atoms with E-state index in [1.54, 1.807) is 39.9 Å². The fraction of sp³-hybridized carbons (Fsp3) is 0.440. The maximum absolute atomic E-state index is 13.6. The number of piperidine rings is 1. The van der Waals surface area contributed by atoms with Crippen molar-refractivity contribution in [2.24, 2.45) is 0 Å². The Bertz CT molecular complexity index is 1210. The summed E-state index contributed by atoms with van der Waals surface area (Å²) in [7, 11) is -3.60. The van der Waals surface area contributed by atoms with Crippen LogP contribution in [-0.2, 0) is 10.0 Å². The van der Waals surface area contributed by atoms with Gasteiger partial charge < -0.3 is 4.90 Å². The Hall–Kier alpha value is -2.29. The van der Waals surface area contributed by atoms with Crippen molar-refractivity contribution in [1.82, 2.24) is 14.2 Å². The molecule has 1 unspecified atom stereocenters. The third-order valence-corrected chi connectivity index (χ3v) is 9.68. The minimum absolute atomic E-state index is 0.0745. The van der Waals surface area contributed by atoms with Crippen molar-refractivity contribution >= 4 is 37.5 Å². The summed E-state index contributed by atoms with van der Waals surface area (Å²) >= 11 is 1.64. The van der Waals surface area contributed by atoms with Gasteiger partial charge in [0.05, 0.1) is 21.2 Å². The highest BCUT2D eigenvalue weighted by Crippen LogP contribution is 2.36. The number of carbonyl (C=O) groups excluding carboxylic acids is 1. The van der Waals surface area contributed by atoms with Crippen LogP contribution in [0, 0.1) is 0 Å². The monoisotopic (exact) mass is 483 g/mol. The lowest BCUT2D eigenvalue weighted by Gasteiger charge is -2.34. The molecule has 2 fully saturated rings. The number of likely N-dealkylation sites (tertiary alicyclic amines) is 1. The zero-order chi connectivity index (χ0) is 22.8. The lowest BCUT2D eigenvalue weighted by atomic mass is 10.0. The highest BCUT2D eigenvalue weighted by molar-refractivity contribution is 7.89. The van der Waals surface area contributed by atoms with E-state index in [-0.39, 0.29) is 16.8 Å². The standard InChI is InChI=1S/C25H29N3O3S2/c29-25(19-10-9-11-20(18-19)33(30,31)27-15-6-1-2-7-16-27)28-17-8-5-13-22(28)24-26-21-12-3-4-14-23(21)32-24/h3-4,9-12,14,18,22H,1-2,5-8,13,15-17H2. The Morgan fingerprint density at radius 3 is 2.45 bits per heavy atom. The molecule has 174 valence electrons. The number of aromatic nitrogens is 1. The van der Waals surface area contributed by atoms with Crippen LogP contribution in [0.5, 0.6) is 0 Å². The van der Waals surface area contributed by atoms with Crippen LogP contribution in [0.3, 0.4) is 0 Å². The Balaban J connectivity index is 1.43. The van der Waals surface area contributed by atoms with E-state index in [2.05, 4.69) is 6.07 Å². The predicted octanol–water partition coefficient (Wildman–Crippen LogP) is 5.23. The molecule has 0 aliphatic carbocycles. The van der Waals surface area contributed by atoms with Crippen LogP contribution < -0.4 is 0 Å². The number of nitrogens with zero attached hydrogens (tertiary/aromatic N) is 3. The lowest BCUT2D eigenvalue weighted by Crippen LogP contribution is -2.38. The third kappa shape index (κ3) is 4.56. The molecule has 0 spiro atoms. The van der Waals surface area contributed by atoms with Gasteiger partial charge in [0.1, 0.15) is 5.01 Å². The van der Waals surface area contributed by atoms with Crippen LogP contribution in [-0.4, -0.2) is 48.1 Å². The molecule has 1 atom stereocenters. The average Bonchev–Trinajstić information content (AvgIpc) is 3.08. The average molecular weight is 484 g/mol. The second kappa shape index (κ2) is 9.52. The molecule has 0 saturated carbocycles. The van der Waals surface area contributed by atoms with Gasteiger partial charge in [0.25, 0.3) is 5.91 Å². The minimum Gasteiger partial charge on any atom is -0.329 e. The van der Waals surface area contributed by atoms with Crippen LogP contribution in [0.4, 0.5) is 0 Å². The zero-order valence-electron chi connectivity index (χ0n) is 18.7. The first-order valence-electron chi connectivity index (χ1n) is 11.8. The molecule has 2 aliphatic heterocycles. The van der Waals surface area contributed by atoms with Crippen LogP contribution in [0.15, 0.2) is 53.4 Å². The number of hydrogen-bond acceptors (Lipinski definition) is 5. The van der Waals surface area contributed by atoms with E-state index in [0.717, 1.165) is 60.2 Å². The molecule has 0 bridgehead atoms. The molecule has 0 N–H and O–H groups in total. The maximum atomic E-state index is 13.6. The first-order chi connectivity index (χ1) is 16.0. The number of para-hydroxylation sites is 1. The number of sulfonamides is 1. The number of rotatable bonds is 4. The van der Waals surface area contributed by atoms with E-state index >= 15 is 0 Å². The van der Waals surface area contributed by atoms with Crippen LogP contribution in [0.25, 0.3) is 10.2 Å². The second-order valence-electron chi connectivity index (χ2n) is 8.88. The minimum atomic E-state index is -3.60. The molecule has 3 heterocycles. The second-order valence-corrected chi connectivity index (χ2v) is 11.9. The Morgan fingerprint density at radius 1 is 0.909 bits per heavy atom. The van der Waals surface area contributed by atoms with Gasteiger partial charge in [-0.1, -0.05) is 31.0 Å². The number of fused-ring (bicyclic) bond motifs is 1. The molecule has 3 aromatic rings. The quantitative estimate of drug-likeness (QED) is 0.510. The fourth-order valence-corrected chi connectivity index (χ4v) is 7.53. The topological polar surface area (TPSA) is 70.6 Å². The number of benzene rings is 2. The SMILES string of the molecule is O=C(c1cccc(S(=O)(=O)N2CCCCCC2)c1)N1CCCCC1c1nc2ccccc2s1. The van der Waals surface area contributed by atoms with Crippen molar-refractivity contribution in [2.45, 2.75) is 55.9 Å². The van der Waals surface area contributed by atoms with Gasteiger partial charge >= 0.3 is 0 Å². The molecular weight excluding hydrogens is 454 g/mol. The van der Waals surface area contributed by atoms with E-state index < -0.39 is 10.0 Å². The van der Waals surface area contributed by atoms with E-state index in [9.17, 15) is 13.2 Å². The van der Waals surface area contributed by atoms with Gasteiger partial charge in [0.15, 0.2) is 0 Å². The molecule has 1 aromatic heterocycles. The molecular formula is C25H29N3O3S2. The Kier molecular flexibility index (Phi) is 6.49. The van der Waals surface area contributed by atoms with Gasteiger partial charge in [0.2, 0.25) is 10.0 Å². The Morgan fingerprint density at radius 2 is 1.67 bits per heavy atom. The van der Waals surface area contributed by atoms with Gasteiger partial charge in [-0.15, -0.1) is 11.3 Å². The van der Waals surface area contributed by atoms with Crippen molar-refractivity contribution in [3.8, 4) is 0 Å². The smallest absolute Gasteiger partial charge is 0.254 e. The van der Waals surface area contributed by atoms with Crippen molar-refractivity contribution in [3.63, 3.8) is 0 Å². The summed E-state index contributed by atoms with van der Waals surface area (Å²) in [4.78, 5) is 20.5. The molecule has 2 saturated heterocycles. The summed E-state index contributed by atoms with van der Waals surface area (Å²) in [5.74, 6) is -0.119. The van der Waals surface area contributed by atoms with Crippen molar-refractivity contribution in [3.05, 3.63) is 59.1 Å². The van der Waals surface area contributed by atoms with Crippen LogP contribution in [0.2, 0.25) is 0 Å². The van der Waals surface area contributed by atoms with Gasteiger partial charge in [-0.3, -0.25) is 4.79 Å². The molecule has 0 radical (unpaired) electrons. The van der Waals surface area contributed by atoms with E-state index in [1.165, 1.54) is 0 Å². The highest BCUT2D eigenvalue weighted by atomic mass is 32.2. The summed E-state index contributed by atoms with van der Waals surface area (Å²) < 4.78 is 29.2. The van der Waals surface area contributed by atoms with Crippen molar-refractivity contribution < 1.29 is 13.2 Å². The number of amides is 1. The summed E-state index contributed by atoms with van der Waals surface area (Å²) in [6, 6.07) is 14.6. The maximum Gasteiger partial charge on any atom is 0.254 e. The van der Waals surface area contributed by atoms with Crippen molar-refractivity contribution in [2.75, 3.05) is 19.6 Å². The normalized spacial score (nSPS) is 20.6. The number of carbonyl (C=O) groups is 1. The molecule has 33 heavy (non-hydrogen) atoms. The number of hydrogen-bond donors (Lipinski definition) is 0. The molecule has 6 nitrogen and oxygen atoms in total. The van der Waals surface area contributed by atoms with E-state index in [1.807, 2.05) is 23.1 Å². The van der Waals surface area contributed by atoms with Crippen LogP contribution >= 0.6 is 11.3 Å². The third-order valence-electron chi connectivity index (χ3n) is 6.64. The summed E-state index contributed by atoms with van der Waals surface area (Å²) in [6.45, 7) is 1.75. The van der Waals surface area contributed by atoms with Gasteiger partial charge in [-0.25, -0.2) is 13.4 Å². The summed E-state index contributed by atoms with van der Waals surface area (Å²) in [6.07, 6.45) is 6.76. The zero-order valence-corrected chi connectivity index (χ0v) is 20.3. The van der Waals surface area contributed by atoms with E-state index in [0.29, 0.717) is 25.2 Å². The van der Waals surface area contributed by atoms with Crippen molar-refractivity contribution in [1.29, 1.82) is 0 Å². The molecule has 5 rings (SSSR count). The van der Waals surface area contributed by atoms with Crippen LogP contribution in [0.1, 0.15) is 66.4 Å². The molecule has 8 heteroatoms. The predicted molar refractivity (Wildman–Crippen MR) is 131 cm³/mol. The molecule has 2 aromatic carbocycles. The summed E-state index contributed by atoms with van der Waals surface area (Å²) in [5.41, 5.74) is 1.39. The fourth-order valence-electron chi connectivity index (χ4n) is 4.85. The Labute approximate surface area is 199 Å². The molecule has 1 amide bonds. The first kappa shape index (κ1) is 22.5. The highest BCUT2D eigenvalue weighted by Gasteiger charge is 2.32. The molecule has 2 aliphatic rings. The summed E-state index contributed by atoms with van der Waals surface area (Å²) in [5, 5.41) is 0.956. The number of thiazole rings is 1. The largest absolute Gasteiger partial charge is 0.329 e. The van der Waals surface area contributed by atoms with Gasteiger partial charge in [-0.05, 0) is 62.4 Å². The van der Waals surface area contributed by atoms with Gasteiger partial charge in [0, 0.05) is 25.2 Å².